The number of halogens is 3. The second-order valence-electron chi connectivity index (χ2n) is 7.22. The van der Waals surface area contributed by atoms with Crippen LogP contribution in [0, 0.1) is 0 Å². The van der Waals surface area contributed by atoms with Crippen molar-refractivity contribution in [3.63, 3.8) is 0 Å². The number of aliphatic hydroxyl groups excluding tert-OH is 1. The lowest BCUT2D eigenvalue weighted by Gasteiger charge is -2.34. The highest BCUT2D eigenvalue weighted by Gasteiger charge is 2.51. The van der Waals surface area contributed by atoms with Crippen molar-refractivity contribution in [2.45, 2.75) is 25.1 Å². The molecule has 0 fully saturated rings. The molecular formula is C21H23F3N4O5S. The van der Waals surface area contributed by atoms with Crippen molar-refractivity contribution in [3.05, 3.63) is 65.7 Å². The molecule has 0 atom stereocenters. The van der Waals surface area contributed by atoms with E-state index in [1.165, 1.54) is 5.01 Å². The zero-order valence-corrected chi connectivity index (χ0v) is 18.7. The normalized spacial score (nSPS) is 14.5. The Balaban J connectivity index is 1.61. The maximum absolute atomic E-state index is 13.0. The average molecular weight is 500 g/mol. The fourth-order valence-corrected chi connectivity index (χ4v) is 4.11. The SMILES string of the molecule is O=C(NCc1ccc(N2CCN(S(=O)(=O)C(F)(F)F)C(CCO)=N2)cc1)OCc1ccccc1. The van der Waals surface area contributed by atoms with Gasteiger partial charge in [0.05, 0.1) is 25.4 Å². The molecule has 0 spiro atoms. The number of alkyl halides is 3. The van der Waals surface area contributed by atoms with E-state index in [0.29, 0.717) is 5.69 Å². The lowest BCUT2D eigenvalue weighted by Crippen LogP contribution is -2.51. The number of nitrogens with zero attached hydrogens (tertiary/aromatic N) is 3. The van der Waals surface area contributed by atoms with Crippen LogP contribution in [0.3, 0.4) is 0 Å². The van der Waals surface area contributed by atoms with E-state index in [-0.39, 0.29) is 30.4 Å². The molecular weight excluding hydrogens is 477 g/mol. The number of hydrazone groups is 1. The summed E-state index contributed by atoms with van der Waals surface area (Å²) >= 11 is 0. The maximum Gasteiger partial charge on any atom is 0.516 e. The Bertz CT molecular complexity index is 1110. The number of hydrogen-bond donors (Lipinski definition) is 2. The third-order valence-electron chi connectivity index (χ3n) is 4.84. The number of aliphatic hydroxyl groups is 1. The van der Waals surface area contributed by atoms with Crippen molar-refractivity contribution in [2.24, 2.45) is 5.10 Å². The third-order valence-corrected chi connectivity index (χ3v) is 6.40. The monoisotopic (exact) mass is 500 g/mol. The summed E-state index contributed by atoms with van der Waals surface area (Å²) in [5.41, 5.74) is -3.37. The molecule has 0 saturated heterocycles. The first-order valence-electron chi connectivity index (χ1n) is 10.2. The number of carbonyl (C=O) groups excluding carboxylic acids is 1. The predicted molar refractivity (Wildman–Crippen MR) is 118 cm³/mol. The lowest BCUT2D eigenvalue weighted by molar-refractivity contribution is -0.0473. The first-order chi connectivity index (χ1) is 16.1. The number of rotatable bonds is 8. The highest BCUT2D eigenvalue weighted by atomic mass is 32.2. The number of alkyl carbamates (subject to hydrolysis) is 1. The number of sulfonamides is 1. The molecule has 1 amide bonds. The lowest BCUT2D eigenvalue weighted by atomic mass is 10.2. The van der Waals surface area contributed by atoms with Crippen molar-refractivity contribution in [1.82, 2.24) is 9.62 Å². The van der Waals surface area contributed by atoms with Gasteiger partial charge in [-0.3, -0.25) is 5.01 Å². The standard InChI is InChI=1S/C21H23F3N4O5S/c22-21(23,24)34(31,32)28-12-11-27(26-19(28)10-13-29)18-8-6-16(7-9-18)14-25-20(30)33-15-17-4-2-1-3-5-17/h1-9,29H,10-15H2,(H,25,30). The first kappa shape index (κ1) is 25.3. The molecule has 2 aromatic carbocycles. The van der Waals surface area contributed by atoms with Gasteiger partial charge in [0, 0.05) is 13.0 Å². The molecule has 9 nitrogen and oxygen atoms in total. The van der Waals surface area contributed by atoms with Crippen LogP contribution in [0.2, 0.25) is 0 Å². The molecule has 0 radical (unpaired) electrons. The summed E-state index contributed by atoms with van der Waals surface area (Å²) in [5.74, 6) is -0.405. The topological polar surface area (TPSA) is 112 Å². The molecule has 184 valence electrons. The largest absolute Gasteiger partial charge is 0.516 e. The van der Waals surface area contributed by atoms with Gasteiger partial charge in [-0.2, -0.15) is 26.7 Å². The molecule has 2 N–H and O–H groups in total. The fourth-order valence-electron chi connectivity index (χ4n) is 3.13. The van der Waals surface area contributed by atoms with Crippen LogP contribution in [0.1, 0.15) is 17.5 Å². The van der Waals surface area contributed by atoms with Crippen LogP contribution in [-0.4, -0.2) is 55.0 Å². The van der Waals surface area contributed by atoms with E-state index in [1.54, 1.807) is 24.3 Å². The van der Waals surface area contributed by atoms with E-state index in [2.05, 4.69) is 10.4 Å². The number of benzene rings is 2. The Morgan fingerprint density at radius 3 is 2.35 bits per heavy atom. The number of anilines is 1. The smallest absolute Gasteiger partial charge is 0.445 e. The molecule has 13 heteroatoms. The zero-order chi connectivity index (χ0) is 24.8. The minimum absolute atomic E-state index is 0.117. The van der Waals surface area contributed by atoms with Crippen molar-refractivity contribution in [3.8, 4) is 0 Å². The van der Waals surface area contributed by atoms with Gasteiger partial charge < -0.3 is 15.2 Å². The van der Waals surface area contributed by atoms with Crippen molar-refractivity contribution >= 4 is 27.6 Å². The molecule has 0 saturated carbocycles. The Hall–Kier alpha value is -3.32. The fraction of sp³-hybridized carbons (Fsp3) is 0.333. The van der Waals surface area contributed by atoms with Crippen LogP contribution in [0.15, 0.2) is 59.7 Å². The molecule has 0 aromatic heterocycles. The van der Waals surface area contributed by atoms with Gasteiger partial charge in [-0.05, 0) is 23.3 Å². The summed E-state index contributed by atoms with van der Waals surface area (Å²) < 4.78 is 67.8. The first-order valence-corrected chi connectivity index (χ1v) is 11.6. The molecule has 0 unspecified atom stereocenters. The van der Waals surface area contributed by atoms with Crippen LogP contribution < -0.4 is 10.3 Å². The molecule has 2 aromatic rings. The highest BCUT2D eigenvalue weighted by molar-refractivity contribution is 7.90. The van der Waals surface area contributed by atoms with Crippen molar-refractivity contribution < 1.29 is 36.2 Å². The highest BCUT2D eigenvalue weighted by Crippen LogP contribution is 2.29. The Kier molecular flexibility index (Phi) is 7.99. The third kappa shape index (κ3) is 6.17. The number of amides is 1. The summed E-state index contributed by atoms with van der Waals surface area (Å²) in [6, 6.07) is 15.8. The van der Waals surface area contributed by atoms with Crippen molar-refractivity contribution in [2.75, 3.05) is 24.7 Å². The van der Waals surface area contributed by atoms with Gasteiger partial charge in [0.2, 0.25) is 0 Å². The molecule has 3 rings (SSSR count). The minimum Gasteiger partial charge on any atom is -0.445 e. The molecule has 1 aliphatic rings. The summed E-state index contributed by atoms with van der Waals surface area (Å²) in [6.07, 6.45) is -0.952. The number of hydrogen-bond acceptors (Lipinski definition) is 7. The summed E-state index contributed by atoms with van der Waals surface area (Å²) in [5, 5.41) is 17.1. The zero-order valence-electron chi connectivity index (χ0n) is 17.9. The molecule has 34 heavy (non-hydrogen) atoms. The molecule has 0 bridgehead atoms. The van der Waals surface area contributed by atoms with E-state index in [4.69, 9.17) is 9.84 Å². The van der Waals surface area contributed by atoms with Crippen LogP contribution in [0.4, 0.5) is 23.7 Å². The van der Waals surface area contributed by atoms with Crippen LogP contribution in [0.25, 0.3) is 0 Å². The molecule has 0 aliphatic carbocycles. The van der Waals surface area contributed by atoms with Crippen LogP contribution in [-0.2, 0) is 27.9 Å². The van der Waals surface area contributed by atoms with Gasteiger partial charge in [-0.15, -0.1) is 0 Å². The van der Waals surface area contributed by atoms with Gasteiger partial charge in [0.25, 0.3) is 0 Å². The second-order valence-corrected chi connectivity index (χ2v) is 9.07. The van der Waals surface area contributed by atoms with Gasteiger partial charge in [0.15, 0.2) is 0 Å². The summed E-state index contributed by atoms with van der Waals surface area (Å²) in [7, 11) is -5.61. The van der Waals surface area contributed by atoms with Gasteiger partial charge in [-0.1, -0.05) is 42.5 Å². The molecule has 1 heterocycles. The van der Waals surface area contributed by atoms with E-state index in [9.17, 15) is 26.4 Å². The van der Waals surface area contributed by atoms with E-state index < -0.39 is 40.6 Å². The van der Waals surface area contributed by atoms with Gasteiger partial charge in [0.1, 0.15) is 12.4 Å². The van der Waals surface area contributed by atoms with E-state index >= 15 is 0 Å². The van der Waals surface area contributed by atoms with Crippen LogP contribution in [0.5, 0.6) is 0 Å². The number of carbonyl (C=O) groups is 1. The summed E-state index contributed by atoms with van der Waals surface area (Å²) in [4.78, 5) is 11.9. The van der Waals surface area contributed by atoms with Crippen molar-refractivity contribution in [1.29, 1.82) is 0 Å². The Morgan fingerprint density at radius 2 is 1.74 bits per heavy atom. The Labute approximate surface area is 194 Å². The molecule has 1 aliphatic heterocycles. The van der Waals surface area contributed by atoms with E-state index in [0.717, 1.165) is 11.1 Å². The van der Waals surface area contributed by atoms with Crippen LogP contribution >= 0.6 is 0 Å². The predicted octanol–water partition coefficient (Wildman–Crippen LogP) is 2.78. The van der Waals surface area contributed by atoms with E-state index in [1.807, 2.05) is 30.3 Å². The minimum atomic E-state index is -5.61. The van der Waals surface area contributed by atoms with Gasteiger partial charge >= 0.3 is 21.6 Å². The second kappa shape index (κ2) is 10.7. The van der Waals surface area contributed by atoms with Gasteiger partial charge in [-0.25, -0.2) is 9.10 Å². The summed E-state index contributed by atoms with van der Waals surface area (Å²) in [6.45, 7) is -0.840. The number of amidine groups is 1. The number of ether oxygens (including phenoxy) is 1. The average Bonchev–Trinajstić information content (AvgIpc) is 2.82. The number of nitrogens with one attached hydrogen (secondary N) is 1. The Morgan fingerprint density at radius 1 is 1.06 bits per heavy atom. The maximum atomic E-state index is 13.0. The quantitative estimate of drug-likeness (QED) is 0.577.